The van der Waals surface area contributed by atoms with E-state index >= 15 is 0 Å². The molecule has 8 N–H and O–H groups in total. The van der Waals surface area contributed by atoms with Crippen molar-refractivity contribution >= 4 is 29.6 Å². The summed E-state index contributed by atoms with van der Waals surface area (Å²) in [5, 5.41) is 17.0. The van der Waals surface area contributed by atoms with Crippen LogP contribution in [0.2, 0.25) is 0 Å². The van der Waals surface area contributed by atoms with Gasteiger partial charge in [0.2, 0.25) is 23.6 Å². The molecule has 0 fully saturated rings. The van der Waals surface area contributed by atoms with E-state index in [2.05, 4.69) is 16.0 Å². The lowest BCUT2D eigenvalue weighted by atomic mass is 10.00. The zero-order valence-electron chi connectivity index (χ0n) is 20.6. The molecule has 0 bridgehead atoms. The second-order valence-corrected chi connectivity index (χ2v) is 9.29. The number of primary amides is 1. The molecule has 35 heavy (non-hydrogen) atoms. The summed E-state index contributed by atoms with van der Waals surface area (Å²) in [5.41, 5.74) is 11.8. The first kappa shape index (κ1) is 29.6. The third kappa shape index (κ3) is 10.6. The molecule has 0 heterocycles. The first-order valence-corrected chi connectivity index (χ1v) is 11.5. The third-order valence-corrected chi connectivity index (χ3v) is 5.24. The zero-order valence-corrected chi connectivity index (χ0v) is 20.6. The maximum absolute atomic E-state index is 12.9. The highest BCUT2D eigenvalue weighted by molar-refractivity contribution is 5.96. The number of amides is 4. The lowest BCUT2D eigenvalue weighted by molar-refractivity contribution is -0.142. The molecule has 11 heteroatoms. The molecule has 0 spiro atoms. The van der Waals surface area contributed by atoms with Crippen LogP contribution in [0.15, 0.2) is 30.3 Å². The Hall–Kier alpha value is -3.47. The summed E-state index contributed by atoms with van der Waals surface area (Å²) in [5.74, 6) is -4.50. The first-order chi connectivity index (χ1) is 16.3. The summed E-state index contributed by atoms with van der Waals surface area (Å²) in [4.78, 5) is 61.5. The minimum Gasteiger partial charge on any atom is -0.480 e. The number of hydrogen-bond acceptors (Lipinski definition) is 6. The van der Waals surface area contributed by atoms with E-state index in [1.54, 1.807) is 44.2 Å². The molecule has 1 aromatic carbocycles. The number of carboxylic acids is 1. The van der Waals surface area contributed by atoms with Gasteiger partial charge in [0.15, 0.2) is 0 Å². The fraction of sp³-hybridized carbons (Fsp3) is 0.542. The van der Waals surface area contributed by atoms with E-state index in [0.717, 1.165) is 0 Å². The molecule has 194 valence electrons. The van der Waals surface area contributed by atoms with Gasteiger partial charge in [-0.1, -0.05) is 58.0 Å². The van der Waals surface area contributed by atoms with Crippen LogP contribution in [-0.2, 0) is 30.4 Å². The summed E-state index contributed by atoms with van der Waals surface area (Å²) in [6.45, 7) is 7.10. The molecule has 0 radical (unpaired) electrons. The number of hydrogen-bond donors (Lipinski definition) is 6. The number of carbonyl (C=O) groups excluding carboxylic acids is 4. The quantitative estimate of drug-likeness (QED) is 0.205. The Kier molecular flexibility index (Phi) is 11.9. The van der Waals surface area contributed by atoms with E-state index in [9.17, 15) is 29.1 Å². The van der Waals surface area contributed by atoms with Gasteiger partial charge in [0.05, 0.1) is 12.5 Å². The zero-order chi connectivity index (χ0) is 26.7. The second kappa shape index (κ2) is 14.1. The second-order valence-electron chi connectivity index (χ2n) is 9.29. The molecule has 0 aliphatic heterocycles. The predicted octanol–water partition coefficient (Wildman–Crippen LogP) is -0.327. The standard InChI is InChI=1S/C24H37N5O6/c1-13(2)10-16(25)21(31)27-17(12-19(26)30)22(32)29-20(14(3)4)23(33)28-18(24(34)35)11-15-8-6-5-7-9-15/h5-9,13-14,16-18,20H,10-12,25H2,1-4H3,(H2,26,30)(H,27,31)(H,28,33)(H,29,32)(H,34,35). The Morgan fingerprint density at radius 1 is 0.857 bits per heavy atom. The fourth-order valence-electron chi connectivity index (χ4n) is 3.40. The number of carbonyl (C=O) groups is 5. The largest absolute Gasteiger partial charge is 0.480 e. The average Bonchev–Trinajstić information content (AvgIpc) is 2.75. The monoisotopic (exact) mass is 491 g/mol. The van der Waals surface area contributed by atoms with E-state index in [1.807, 2.05) is 13.8 Å². The molecular weight excluding hydrogens is 454 g/mol. The normalized spacial score (nSPS) is 14.5. The van der Waals surface area contributed by atoms with E-state index in [-0.39, 0.29) is 12.3 Å². The topological polar surface area (TPSA) is 194 Å². The van der Waals surface area contributed by atoms with Gasteiger partial charge in [-0.05, 0) is 23.8 Å². The molecule has 0 saturated carbocycles. The number of benzene rings is 1. The minimum atomic E-state index is -1.34. The first-order valence-electron chi connectivity index (χ1n) is 11.5. The van der Waals surface area contributed by atoms with Gasteiger partial charge < -0.3 is 32.5 Å². The molecule has 11 nitrogen and oxygen atoms in total. The van der Waals surface area contributed by atoms with Crippen molar-refractivity contribution in [2.75, 3.05) is 0 Å². The van der Waals surface area contributed by atoms with E-state index in [0.29, 0.717) is 12.0 Å². The molecule has 0 aromatic heterocycles. The maximum Gasteiger partial charge on any atom is 0.326 e. The van der Waals surface area contributed by atoms with Crippen LogP contribution in [0.5, 0.6) is 0 Å². The lowest BCUT2D eigenvalue weighted by Gasteiger charge is -2.27. The van der Waals surface area contributed by atoms with Crippen LogP contribution < -0.4 is 27.4 Å². The molecule has 0 aliphatic rings. The van der Waals surface area contributed by atoms with Crippen molar-refractivity contribution in [3.05, 3.63) is 35.9 Å². The van der Waals surface area contributed by atoms with Crippen molar-refractivity contribution in [1.29, 1.82) is 0 Å². The van der Waals surface area contributed by atoms with E-state index in [4.69, 9.17) is 11.5 Å². The molecule has 4 amide bonds. The molecular formula is C24H37N5O6. The van der Waals surface area contributed by atoms with Crippen LogP contribution in [0.4, 0.5) is 0 Å². The Balaban J connectivity index is 2.96. The van der Waals surface area contributed by atoms with Gasteiger partial charge in [0.1, 0.15) is 18.1 Å². The average molecular weight is 492 g/mol. The van der Waals surface area contributed by atoms with Gasteiger partial charge in [0.25, 0.3) is 0 Å². The van der Waals surface area contributed by atoms with Crippen molar-refractivity contribution in [1.82, 2.24) is 16.0 Å². The summed E-state index contributed by atoms with van der Waals surface area (Å²) >= 11 is 0. The van der Waals surface area contributed by atoms with E-state index < -0.39 is 66.1 Å². The van der Waals surface area contributed by atoms with Gasteiger partial charge in [-0.15, -0.1) is 0 Å². The minimum absolute atomic E-state index is 0.0504. The highest BCUT2D eigenvalue weighted by Gasteiger charge is 2.32. The Morgan fingerprint density at radius 2 is 1.43 bits per heavy atom. The van der Waals surface area contributed by atoms with Crippen LogP contribution in [0.3, 0.4) is 0 Å². The highest BCUT2D eigenvalue weighted by atomic mass is 16.4. The molecule has 1 aromatic rings. The molecule has 0 saturated heterocycles. The van der Waals surface area contributed by atoms with Crippen LogP contribution >= 0.6 is 0 Å². The van der Waals surface area contributed by atoms with Crippen molar-refractivity contribution < 1.29 is 29.1 Å². The van der Waals surface area contributed by atoms with Gasteiger partial charge in [-0.25, -0.2) is 4.79 Å². The lowest BCUT2D eigenvalue weighted by Crippen LogP contribution is -2.59. The maximum atomic E-state index is 12.9. The Morgan fingerprint density at radius 3 is 1.91 bits per heavy atom. The van der Waals surface area contributed by atoms with Crippen LogP contribution in [0.1, 0.15) is 46.1 Å². The predicted molar refractivity (Wildman–Crippen MR) is 130 cm³/mol. The smallest absolute Gasteiger partial charge is 0.326 e. The third-order valence-electron chi connectivity index (χ3n) is 5.24. The van der Waals surface area contributed by atoms with Gasteiger partial charge >= 0.3 is 5.97 Å². The van der Waals surface area contributed by atoms with Crippen molar-refractivity contribution in [3.8, 4) is 0 Å². The van der Waals surface area contributed by atoms with Crippen molar-refractivity contribution in [2.24, 2.45) is 23.3 Å². The SMILES string of the molecule is CC(C)CC(N)C(=O)NC(CC(N)=O)C(=O)NC(C(=O)NC(Cc1ccccc1)C(=O)O)C(C)C. The molecule has 4 atom stereocenters. The number of aliphatic carboxylic acids is 1. The number of nitrogens with two attached hydrogens (primary N) is 2. The van der Waals surface area contributed by atoms with E-state index in [1.165, 1.54) is 0 Å². The Labute approximate surface area is 205 Å². The number of nitrogens with one attached hydrogen (secondary N) is 3. The van der Waals surface area contributed by atoms with Gasteiger partial charge in [-0.3, -0.25) is 19.2 Å². The summed E-state index contributed by atoms with van der Waals surface area (Å²) in [6, 6.07) is 4.20. The Bertz CT molecular complexity index is 890. The van der Waals surface area contributed by atoms with Gasteiger partial charge in [0, 0.05) is 6.42 Å². The molecule has 0 aliphatic carbocycles. The fourth-order valence-corrected chi connectivity index (χ4v) is 3.40. The molecule has 4 unspecified atom stereocenters. The van der Waals surface area contributed by atoms with Crippen LogP contribution in [-0.4, -0.2) is 58.9 Å². The number of carboxylic acid groups (broad SMARTS) is 1. The van der Waals surface area contributed by atoms with Crippen molar-refractivity contribution in [3.63, 3.8) is 0 Å². The van der Waals surface area contributed by atoms with Gasteiger partial charge in [-0.2, -0.15) is 0 Å². The summed E-state index contributed by atoms with van der Waals surface area (Å²) in [7, 11) is 0. The van der Waals surface area contributed by atoms with Crippen LogP contribution in [0.25, 0.3) is 0 Å². The summed E-state index contributed by atoms with van der Waals surface area (Å²) < 4.78 is 0. The number of rotatable bonds is 14. The highest BCUT2D eigenvalue weighted by Crippen LogP contribution is 2.08. The van der Waals surface area contributed by atoms with Crippen molar-refractivity contribution in [2.45, 2.75) is 71.1 Å². The summed E-state index contributed by atoms with van der Waals surface area (Å²) in [6.07, 6.45) is -0.0787. The van der Waals surface area contributed by atoms with Crippen LogP contribution in [0, 0.1) is 11.8 Å². The molecule has 1 rings (SSSR count).